The van der Waals surface area contributed by atoms with Crippen LogP contribution in [0.15, 0.2) is 41.1 Å². The zero-order valence-corrected chi connectivity index (χ0v) is 18.0. The van der Waals surface area contributed by atoms with Crippen molar-refractivity contribution in [3.63, 3.8) is 0 Å². The number of nitrogens with two attached hydrogens (primary N) is 2. The van der Waals surface area contributed by atoms with Gasteiger partial charge in [-0.3, -0.25) is 9.59 Å². The van der Waals surface area contributed by atoms with E-state index in [0.717, 1.165) is 23.8 Å². The highest BCUT2D eigenvalue weighted by Crippen LogP contribution is 2.33. The zero-order chi connectivity index (χ0) is 22.5. The predicted octanol–water partition coefficient (Wildman–Crippen LogP) is 1.20. The number of carbonyl (C=O) groups excluding carboxylic acids is 2. The van der Waals surface area contributed by atoms with Crippen LogP contribution in [0.5, 0.6) is 0 Å². The van der Waals surface area contributed by atoms with Gasteiger partial charge in [-0.15, -0.1) is 0 Å². The lowest BCUT2D eigenvalue weighted by molar-refractivity contribution is -0.136. The van der Waals surface area contributed by atoms with Crippen LogP contribution >= 0.6 is 0 Å². The lowest BCUT2D eigenvalue weighted by Crippen LogP contribution is -2.48. The Morgan fingerprint density at radius 3 is 2.74 bits per heavy atom. The molecule has 1 aliphatic rings. The summed E-state index contributed by atoms with van der Waals surface area (Å²) < 4.78 is 5.68. The lowest BCUT2D eigenvalue weighted by Gasteiger charge is -2.39. The molecule has 5 N–H and O–H groups in total. The second kappa shape index (κ2) is 9.84. The van der Waals surface area contributed by atoms with Gasteiger partial charge in [-0.2, -0.15) is 0 Å². The molecule has 1 fully saturated rings. The van der Waals surface area contributed by atoms with Crippen molar-refractivity contribution in [2.24, 2.45) is 11.6 Å². The van der Waals surface area contributed by atoms with E-state index in [1.54, 1.807) is 25.1 Å². The molecule has 168 valence electrons. The predicted molar refractivity (Wildman–Crippen MR) is 118 cm³/mol. The van der Waals surface area contributed by atoms with Crippen LogP contribution in [0.2, 0.25) is 0 Å². The van der Waals surface area contributed by atoms with E-state index in [2.05, 4.69) is 0 Å². The summed E-state index contributed by atoms with van der Waals surface area (Å²) in [5.74, 6) is 5.96. The largest absolute Gasteiger partial charge is 0.451 e. The molecule has 2 aromatic rings. The first-order chi connectivity index (χ1) is 14.8. The molecule has 0 radical (unpaired) electrons. The fourth-order valence-corrected chi connectivity index (χ4v) is 3.99. The molecular formula is C22H31N5O4. The third kappa shape index (κ3) is 5.18. The second-order valence-corrected chi connectivity index (χ2v) is 8.09. The minimum atomic E-state index is -0.193. The standard InChI is InChI=1S/C22H31N5O4/c1-25(2)22(30)20-12-17-11-15(4-6-19(17)31-20)16-3-5-18(14-28)27(13-16)21(29)7-9-26(24)10-8-23/h4,6,8,10-12,16,18,28H,3,5,7,9,13-14,23-24H2,1-2H3/b10-8-/t16-,18-/m1/s1. The van der Waals surface area contributed by atoms with Gasteiger partial charge in [-0.1, -0.05) is 6.07 Å². The van der Waals surface area contributed by atoms with E-state index in [4.69, 9.17) is 16.0 Å². The number of aliphatic hydroxyl groups is 1. The molecule has 1 aromatic carbocycles. The SMILES string of the molecule is CN(C)C(=O)c1cc2cc([C@@H]3CC[C@H](CO)N(C(=O)CCN(N)/C=C\N)C3)ccc2o1. The molecule has 0 spiro atoms. The van der Waals surface area contributed by atoms with E-state index in [0.29, 0.717) is 24.4 Å². The van der Waals surface area contributed by atoms with Crippen LogP contribution in [0.1, 0.15) is 41.3 Å². The van der Waals surface area contributed by atoms with Gasteiger partial charge in [0.15, 0.2) is 5.76 Å². The van der Waals surface area contributed by atoms with Crippen LogP contribution in [0, 0.1) is 0 Å². The number of amides is 2. The van der Waals surface area contributed by atoms with Crippen molar-refractivity contribution < 1.29 is 19.1 Å². The highest BCUT2D eigenvalue weighted by Gasteiger charge is 2.32. The highest BCUT2D eigenvalue weighted by molar-refractivity contribution is 5.96. The summed E-state index contributed by atoms with van der Waals surface area (Å²) in [6.07, 6.45) is 4.64. The molecule has 9 nitrogen and oxygen atoms in total. The van der Waals surface area contributed by atoms with Crippen molar-refractivity contribution in [3.8, 4) is 0 Å². The molecule has 2 atom stereocenters. The Bertz CT molecular complexity index is 955. The Kier molecular flexibility index (Phi) is 7.19. The smallest absolute Gasteiger partial charge is 0.289 e. The molecule has 1 saturated heterocycles. The molecule has 3 rings (SSSR count). The first kappa shape index (κ1) is 22.6. The molecule has 2 amide bonds. The van der Waals surface area contributed by atoms with E-state index in [1.807, 2.05) is 18.2 Å². The number of fused-ring (bicyclic) bond motifs is 1. The number of nitrogens with zero attached hydrogens (tertiary/aromatic N) is 3. The van der Waals surface area contributed by atoms with Crippen LogP contribution in [0.4, 0.5) is 0 Å². The lowest BCUT2D eigenvalue weighted by atomic mass is 9.87. The third-order valence-corrected chi connectivity index (χ3v) is 5.73. The summed E-state index contributed by atoms with van der Waals surface area (Å²) in [5.41, 5.74) is 7.05. The van der Waals surface area contributed by atoms with Gasteiger partial charge >= 0.3 is 0 Å². The molecule has 0 bridgehead atoms. The monoisotopic (exact) mass is 429 g/mol. The summed E-state index contributed by atoms with van der Waals surface area (Å²) in [4.78, 5) is 28.2. The van der Waals surface area contributed by atoms with Crippen LogP contribution in [-0.4, -0.2) is 71.6 Å². The Hall–Kier alpha value is -3.04. The number of hydrogen-bond donors (Lipinski definition) is 3. The van der Waals surface area contributed by atoms with Crippen molar-refractivity contribution >= 4 is 22.8 Å². The molecule has 0 saturated carbocycles. The van der Waals surface area contributed by atoms with Crippen LogP contribution in [-0.2, 0) is 4.79 Å². The first-order valence-corrected chi connectivity index (χ1v) is 10.4. The first-order valence-electron chi connectivity index (χ1n) is 10.4. The van der Waals surface area contributed by atoms with Crippen LogP contribution in [0.3, 0.4) is 0 Å². The molecular weight excluding hydrogens is 398 g/mol. The second-order valence-electron chi connectivity index (χ2n) is 8.09. The maximum atomic E-state index is 12.8. The number of hydrogen-bond acceptors (Lipinski definition) is 7. The Morgan fingerprint density at radius 2 is 2.06 bits per heavy atom. The zero-order valence-electron chi connectivity index (χ0n) is 18.0. The number of rotatable bonds is 7. The number of piperidine rings is 1. The van der Waals surface area contributed by atoms with Crippen LogP contribution < -0.4 is 11.6 Å². The number of furan rings is 1. The normalized spacial score (nSPS) is 19.2. The maximum absolute atomic E-state index is 12.8. The van der Waals surface area contributed by atoms with Gasteiger partial charge in [-0.25, -0.2) is 5.84 Å². The summed E-state index contributed by atoms with van der Waals surface area (Å²) in [5, 5.41) is 12.0. The minimum absolute atomic E-state index is 0.0483. The van der Waals surface area contributed by atoms with Crippen molar-refractivity contribution in [2.75, 3.05) is 33.8 Å². The number of carbonyl (C=O) groups is 2. The van der Waals surface area contributed by atoms with Gasteiger partial charge in [-0.05, 0) is 36.6 Å². The third-order valence-electron chi connectivity index (χ3n) is 5.73. The van der Waals surface area contributed by atoms with Crippen molar-refractivity contribution in [2.45, 2.75) is 31.2 Å². The topological polar surface area (TPSA) is 129 Å². The van der Waals surface area contributed by atoms with Gasteiger partial charge in [0.25, 0.3) is 5.91 Å². The van der Waals surface area contributed by atoms with Crippen molar-refractivity contribution in [1.29, 1.82) is 0 Å². The van der Waals surface area contributed by atoms with Gasteiger partial charge in [0.2, 0.25) is 5.91 Å². The Balaban J connectivity index is 1.75. The quantitative estimate of drug-likeness (QED) is 0.445. The maximum Gasteiger partial charge on any atom is 0.289 e. The number of benzene rings is 1. The van der Waals surface area contributed by atoms with Gasteiger partial charge < -0.3 is 30.1 Å². The van der Waals surface area contributed by atoms with Crippen LogP contribution in [0.25, 0.3) is 11.0 Å². The van der Waals surface area contributed by atoms with Crippen molar-refractivity contribution in [1.82, 2.24) is 14.8 Å². The molecule has 31 heavy (non-hydrogen) atoms. The van der Waals surface area contributed by atoms with Gasteiger partial charge in [0, 0.05) is 57.3 Å². The number of aliphatic hydroxyl groups excluding tert-OH is 1. The molecule has 9 heteroatoms. The molecule has 2 heterocycles. The molecule has 1 aliphatic heterocycles. The number of likely N-dealkylation sites (tertiary alicyclic amines) is 1. The fourth-order valence-electron chi connectivity index (χ4n) is 3.99. The molecule has 1 aromatic heterocycles. The van der Waals surface area contributed by atoms with E-state index >= 15 is 0 Å². The average molecular weight is 430 g/mol. The van der Waals surface area contributed by atoms with Gasteiger partial charge in [0.1, 0.15) is 5.58 Å². The number of hydrazine groups is 1. The van der Waals surface area contributed by atoms with E-state index in [-0.39, 0.29) is 36.8 Å². The Morgan fingerprint density at radius 1 is 1.29 bits per heavy atom. The molecule has 0 aliphatic carbocycles. The summed E-state index contributed by atoms with van der Waals surface area (Å²) >= 11 is 0. The summed E-state index contributed by atoms with van der Waals surface area (Å²) in [6.45, 7) is 0.800. The van der Waals surface area contributed by atoms with Crippen molar-refractivity contribution in [3.05, 3.63) is 48.0 Å². The summed E-state index contributed by atoms with van der Waals surface area (Å²) in [7, 11) is 3.37. The molecule has 0 unspecified atom stereocenters. The average Bonchev–Trinajstić information content (AvgIpc) is 3.19. The van der Waals surface area contributed by atoms with Gasteiger partial charge in [0.05, 0.1) is 12.6 Å². The fraction of sp³-hybridized carbons (Fsp3) is 0.455. The van der Waals surface area contributed by atoms with E-state index in [1.165, 1.54) is 22.3 Å². The minimum Gasteiger partial charge on any atom is -0.451 e. The van der Waals surface area contributed by atoms with E-state index < -0.39 is 0 Å². The Labute approximate surface area is 181 Å². The highest BCUT2D eigenvalue weighted by atomic mass is 16.3. The summed E-state index contributed by atoms with van der Waals surface area (Å²) in [6, 6.07) is 7.43. The van der Waals surface area contributed by atoms with E-state index in [9.17, 15) is 14.7 Å².